The normalized spacial score (nSPS) is 31.2. The van der Waals surface area contributed by atoms with Crippen LogP contribution in [0.3, 0.4) is 0 Å². The van der Waals surface area contributed by atoms with E-state index in [4.69, 9.17) is 0 Å². The average molecular weight is 266 g/mol. The zero-order valence-electron chi connectivity index (χ0n) is 11.2. The lowest BCUT2D eigenvalue weighted by molar-refractivity contribution is 0.0607. The Morgan fingerprint density at radius 1 is 1.11 bits per heavy atom. The highest BCUT2D eigenvalue weighted by atomic mass is 19.1. The van der Waals surface area contributed by atoms with Gasteiger partial charge in [-0.05, 0) is 44.9 Å². The van der Waals surface area contributed by atoms with E-state index in [0.29, 0.717) is 12.1 Å². The average Bonchev–Trinajstić information content (AvgIpc) is 2.35. The maximum atomic E-state index is 13.7. The highest BCUT2D eigenvalue weighted by molar-refractivity contribution is 5.47. The molecule has 0 radical (unpaired) electrons. The van der Waals surface area contributed by atoms with Gasteiger partial charge in [-0.15, -0.1) is 0 Å². The molecule has 2 saturated heterocycles. The van der Waals surface area contributed by atoms with Gasteiger partial charge in [-0.25, -0.2) is 8.78 Å². The number of nitrogens with one attached hydrogen (secondary N) is 1. The lowest BCUT2D eigenvalue weighted by atomic mass is 9.82. The first-order chi connectivity index (χ1) is 9.15. The summed E-state index contributed by atoms with van der Waals surface area (Å²) in [5.41, 5.74) is 0.0372. The molecule has 0 aliphatic carbocycles. The molecule has 2 aliphatic heterocycles. The van der Waals surface area contributed by atoms with Gasteiger partial charge in [0.15, 0.2) is 0 Å². The molecule has 0 aromatic heterocycles. The van der Waals surface area contributed by atoms with Gasteiger partial charge in [0.2, 0.25) is 0 Å². The summed E-state index contributed by atoms with van der Waals surface area (Å²) in [5.74, 6) is -0.992. The lowest BCUT2D eigenvalue weighted by Crippen LogP contribution is -2.52. The van der Waals surface area contributed by atoms with E-state index >= 15 is 0 Å². The molecule has 19 heavy (non-hydrogen) atoms. The van der Waals surface area contributed by atoms with E-state index in [1.165, 1.54) is 37.5 Å². The van der Waals surface area contributed by atoms with Crippen LogP contribution in [0.5, 0.6) is 0 Å². The standard InChI is InChI=1S/C15H20F2N2/c1-19-11-4-2-5-12(19)9-10(8-11)18-15-13(16)6-3-7-14(15)17/h3,6-7,10-12,18H,2,4-5,8-9H2,1H3/t10?,11-,12?/m1/s1. The van der Waals surface area contributed by atoms with Gasteiger partial charge in [0.1, 0.15) is 17.3 Å². The van der Waals surface area contributed by atoms with Gasteiger partial charge in [-0.3, -0.25) is 0 Å². The number of nitrogens with zero attached hydrogens (tertiary/aromatic N) is 1. The van der Waals surface area contributed by atoms with E-state index < -0.39 is 11.6 Å². The number of piperidine rings is 2. The molecule has 2 nitrogen and oxygen atoms in total. The highest BCUT2D eigenvalue weighted by Crippen LogP contribution is 2.34. The Hall–Kier alpha value is -1.16. The summed E-state index contributed by atoms with van der Waals surface area (Å²) in [4.78, 5) is 2.44. The molecule has 2 aliphatic rings. The van der Waals surface area contributed by atoms with Crippen LogP contribution in [-0.4, -0.2) is 30.1 Å². The first-order valence-corrected chi connectivity index (χ1v) is 7.07. The molecule has 2 bridgehead atoms. The highest BCUT2D eigenvalue weighted by Gasteiger charge is 2.36. The SMILES string of the molecule is CN1C2CCC[C@@H]1CC(Nc1c(F)cccc1F)C2. The summed E-state index contributed by atoms with van der Waals surface area (Å²) < 4.78 is 27.3. The number of hydrogen-bond donors (Lipinski definition) is 1. The molecule has 2 fully saturated rings. The molecule has 2 heterocycles. The first kappa shape index (κ1) is 12.9. The Bertz CT molecular complexity index is 429. The minimum atomic E-state index is -0.496. The molecule has 0 spiro atoms. The Morgan fingerprint density at radius 2 is 1.68 bits per heavy atom. The lowest BCUT2D eigenvalue weighted by Gasteiger charge is -2.47. The molecule has 1 aromatic carbocycles. The number of fused-ring (bicyclic) bond motifs is 2. The van der Waals surface area contributed by atoms with Gasteiger partial charge in [0.05, 0.1) is 0 Å². The molecule has 4 heteroatoms. The van der Waals surface area contributed by atoms with E-state index in [-0.39, 0.29) is 11.7 Å². The predicted octanol–water partition coefficient (Wildman–Crippen LogP) is 3.39. The van der Waals surface area contributed by atoms with Crippen molar-refractivity contribution < 1.29 is 8.78 Å². The van der Waals surface area contributed by atoms with Crippen molar-refractivity contribution in [3.63, 3.8) is 0 Å². The largest absolute Gasteiger partial charge is 0.377 e. The molecule has 104 valence electrons. The van der Waals surface area contributed by atoms with Crippen molar-refractivity contribution in [3.8, 4) is 0 Å². The number of anilines is 1. The van der Waals surface area contributed by atoms with Crippen LogP contribution in [0.1, 0.15) is 32.1 Å². The Kier molecular flexibility index (Phi) is 3.44. The fourth-order valence-electron chi connectivity index (χ4n) is 3.57. The minimum absolute atomic E-state index is 0.0372. The maximum Gasteiger partial charge on any atom is 0.149 e. The van der Waals surface area contributed by atoms with Gasteiger partial charge in [0, 0.05) is 18.1 Å². The molecule has 3 atom stereocenters. The van der Waals surface area contributed by atoms with E-state index in [1.54, 1.807) is 0 Å². The number of rotatable bonds is 2. The zero-order chi connectivity index (χ0) is 13.4. The predicted molar refractivity (Wildman–Crippen MR) is 72.2 cm³/mol. The molecule has 0 amide bonds. The summed E-state index contributed by atoms with van der Waals surface area (Å²) >= 11 is 0. The van der Waals surface area contributed by atoms with Gasteiger partial charge < -0.3 is 10.2 Å². The Balaban J connectivity index is 1.74. The van der Waals surface area contributed by atoms with E-state index in [1.807, 2.05) is 0 Å². The fourth-order valence-corrected chi connectivity index (χ4v) is 3.57. The molecule has 1 N–H and O–H groups in total. The maximum absolute atomic E-state index is 13.7. The third-order valence-corrected chi connectivity index (χ3v) is 4.65. The summed E-state index contributed by atoms with van der Waals surface area (Å²) in [6, 6.07) is 5.30. The Morgan fingerprint density at radius 3 is 2.26 bits per heavy atom. The quantitative estimate of drug-likeness (QED) is 0.882. The monoisotopic (exact) mass is 266 g/mol. The molecule has 2 unspecified atom stereocenters. The van der Waals surface area contributed by atoms with E-state index in [0.717, 1.165) is 12.8 Å². The molecule has 0 saturated carbocycles. The second-order valence-electron chi connectivity index (χ2n) is 5.81. The zero-order valence-corrected chi connectivity index (χ0v) is 11.2. The van der Waals surface area contributed by atoms with Crippen LogP contribution in [0.15, 0.2) is 18.2 Å². The topological polar surface area (TPSA) is 15.3 Å². The summed E-state index contributed by atoms with van der Waals surface area (Å²) in [6.45, 7) is 0. The molecular formula is C15H20F2N2. The van der Waals surface area contributed by atoms with Gasteiger partial charge in [0.25, 0.3) is 0 Å². The van der Waals surface area contributed by atoms with E-state index in [2.05, 4.69) is 17.3 Å². The van der Waals surface area contributed by atoms with Crippen molar-refractivity contribution in [1.29, 1.82) is 0 Å². The summed E-state index contributed by atoms with van der Waals surface area (Å²) in [7, 11) is 2.17. The number of benzene rings is 1. The smallest absolute Gasteiger partial charge is 0.149 e. The van der Waals surface area contributed by atoms with Crippen LogP contribution >= 0.6 is 0 Å². The number of hydrogen-bond acceptors (Lipinski definition) is 2. The second kappa shape index (κ2) is 5.08. The first-order valence-electron chi connectivity index (χ1n) is 7.07. The number of halogens is 2. The third kappa shape index (κ3) is 2.46. The molecule has 3 rings (SSSR count). The van der Waals surface area contributed by atoms with Crippen molar-refractivity contribution in [1.82, 2.24) is 4.90 Å². The van der Waals surface area contributed by atoms with Gasteiger partial charge in [-0.2, -0.15) is 0 Å². The van der Waals surface area contributed by atoms with Crippen molar-refractivity contribution in [2.75, 3.05) is 12.4 Å². The molecular weight excluding hydrogens is 246 g/mol. The van der Waals surface area contributed by atoms with Crippen LogP contribution in [-0.2, 0) is 0 Å². The van der Waals surface area contributed by atoms with Crippen LogP contribution in [0.4, 0.5) is 14.5 Å². The fraction of sp³-hybridized carbons (Fsp3) is 0.600. The summed E-state index contributed by atoms with van der Waals surface area (Å²) in [5, 5.41) is 3.09. The van der Waals surface area contributed by atoms with Crippen molar-refractivity contribution >= 4 is 5.69 Å². The van der Waals surface area contributed by atoms with Crippen LogP contribution in [0.2, 0.25) is 0 Å². The Labute approximate surface area is 112 Å². The van der Waals surface area contributed by atoms with Crippen molar-refractivity contribution in [2.45, 2.75) is 50.2 Å². The van der Waals surface area contributed by atoms with Crippen molar-refractivity contribution in [3.05, 3.63) is 29.8 Å². The van der Waals surface area contributed by atoms with E-state index in [9.17, 15) is 8.78 Å². The van der Waals surface area contributed by atoms with Crippen LogP contribution in [0.25, 0.3) is 0 Å². The third-order valence-electron chi connectivity index (χ3n) is 4.65. The molecule has 1 aromatic rings. The van der Waals surface area contributed by atoms with Gasteiger partial charge in [-0.1, -0.05) is 12.5 Å². The second-order valence-corrected chi connectivity index (χ2v) is 5.81. The van der Waals surface area contributed by atoms with Crippen molar-refractivity contribution in [2.24, 2.45) is 0 Å². The van der Waals surface area contributed by atoms with Crippen LogP contribution in [0, 0.1) is 11.6 Å². The minimum Gasteiger partial charge on any atom is -0.377 e. The van der Waals surface area contributed by atoms with Crippen LogP contribution < -0.4 is 5.32 Å². The number of para-hydroxylation sites is 1. The van der Waals surface area contributed by atoms with Gasteiger partial charge >= 0.3 is 0 Å². The summed E-state index contributed by atoms with van der Waals surface area (Å²) in [6.07, 6.45) is 5.62.